The number of carbonyl (C=O) groups is 2. The van der Waals surface area contributed by atoms with Crippen molar-refractivity contribution in [2.45, 2.75) is 12.5 Å². The minimum absolute atomic E-state index is 0.0435. The second-order valence-electron chi connectivity index (χ2n) is 6.95. The Morgan fingerprint density at radius 2 is 1.37 bits per heavy atom. The van der Waals surface area contributed by atoms with E-state index in [-0.39, 0.29) is 19.3 Å². The molecule has 2 N–H and O–H groups in total. The third-order valence-corrected chi connectivity index (χ3v) is 4.97. The number of hydrogen-bond donors (Lipinski definition) is 2. The van der Waals surface area contributed by atoms with Crippen molar-refractivity contribution in [1.82, 2.24) is 10.6 Å². The van der Waals surface area contributed by atoms with Crippen molar-refractivity contribution < 1.29 is 19.1 Å². The predicted octanol–water partition coefficient (Wildman–Crippen LogP) is 2.98. The Labute approximate surface area is 174 Å². The Morgan fingerprint density at radius 3 is 2.03 bits per heavy atom. The van der Waals surface area contributed by atoms with Gasteiger partial charge in [-0.25, -0.2) is 0 Å². The molecule has 0 spiro atoms. The minimum atomic E-state index is -0.674. The van der Waals surface area contributed by atoms with E-state index >= 15 is 0 Å². The second-order valence-corrected chi connectivity index (χ2v) is 6.95. The molecule has 3 aromatic rings. The molecule has 152 valence electrons. The maximum absolute atomic E-state index is 12.4. The zero-order valence-corrected chi connectivity index (χ0v) is 16.3. The minimum Gasteiger partial charge on any atom is -0.454 e. The highest BCUT2D eigenvalue weighted by molar-refractivity contribution is 6.35. The molecule has 0 saturated heterocycles. The lowest BCUT2D eigenvalue weighted by atomic mass is 9.91. The number of nitrogens with one attached hydrogen (secondary N) is 2. The first-order valence-corrected chi connectivity index (χ1v) is 9.75. The van der Waals surface area contributed by atoms with E-state index in [0.29, 0.717) is 18.0 Å². The van der Waals surface area contributed by atoms with Gasteiger partial charge in [0.2, 0.25) is 6.79 Å². The van der Waals surface area contributed by atoms with Crippen molar-refractivity contribution in [3.63, 3.8) is 0 Å². The number of carbonyl (C=O) groups excluding carboxylic acids is 2. The van der Waals surface area contributed by atoms with Crippen LogP contribution in [0.1, 0.15) is 22.6 Å². The van der Waals surface area contributed by atoms with Gasteiger partial charge in [-0.15, -0.1) is 0 Å². The van der Waals surface area contributed by atoms with Gasteiger partial charge in [-0.2, -0.15) is 0 Å². The van der Waals surface area contributed by atoms with Crippen molar-refractivity contribution in [1.29, 1.82) is 0 Å². The molecule has 1 heterocycles. The highest BCUT2D eigenvalue weighted by Crippen LogP contribution is 2.32. The van der Waals surface area contributed by atoms with Gasteiger partial charge in [-0.3, -0.25) is 9.59 Å². The van der Waals surface area contributed by atoms with Crippen molar-refractivity contribution in [3.8, 4) is 11.5 Å². The summed E-state index contributed by atoms with van der Waals surface area (Å²) in [6.07, 6.45) is 0. The Balaban J connectivity index is 1.35. The molecule has 1 aliphatic heterocycles. The van der Waals surface area contributed by atoms with Gasteiger partial charge in [-0.1, -0.05) is 66.7 Å². The molecule has 0 radical (unpaired) electrons. The van der Waals surface area contributed by atoms with Gasteiger partial charge in [0.15, 0.2) is 11.5 Å². The number of ether oxygens (including phenoxy) is 2. The van der Waals surface area contributed by atoms with Crippen LogP contribution in [0.15, 0.2) is 78.9 Å². The van der Waals surface area contributed by atoms with Crippen LogP contribution in [0.5, 0.6) is 11.5 Å². The number of rotatable bonds is 6. The van der Waals surface area contributed by atoms with Crippen molar-refractivity contribution in [2.75, 3.05) is 13.3 Å². The molecule has 0 fully saturated rings. The molecule has 30 heavy (non-hydrogen) atoms. The van der Waals surface area contributed by atoms with E-state index in [1.807, 2.05) is 66.7 Å². The Kier molecular flexibility index (Phi) is 5.94. The number of hydrogen-bond acceptors (Lipinski definition) is 4. The summed E-state index contributed by atoms with van der Waals surface area (Å²) in [6.45, 7) is 0.742. The molecular weight excluding hydrogens is 380 g/mol. The molecule has 0 aromatic heterocycles. The Hall–Kier alpha value is -3.80. The van der Waals surface area contributed by atoms with Crippen LogP contribution in [-0.2, 0) is 16.1 Å². The summed E-state index contributed by atoms with van der Waals surface area (Å²) < 4.78 is 10.6. The standard InChI is InChI=1S/C24H22N2O4/c27-23(25-14-17-11-12-21-22(13-17)30-16-29-21)24(28)26-15-20(18-7-3-1-4-8-18)19-9-5-2-6-10-19/h1-13,20H,14-16H2,(H,25,27)(H,26,28). The van der Waals surface area contributed by atoms with E-state index in [4.69, 9.17) is 9.47 Å². The van der Waals surface area contributed by atoms with Gasteiger partial charge in [0.05, 0.1) is 0 Å². The van der Waals surface area contributed by atoms with Crippen LogP contribution >= 0.6 is 0 Å². The third kappa shape index (κ3) is 4.60. The van der Waals surface area contributed by atoms with Crippen LogP contribution in [0.4, 0.5) is 0 Å². The number of fused-ring (bicyclic) bond motifs is 1. The third-order valence-electron chi connectivity index (χ3n) is 4.97. The SMILES string of the molecule is O=C(NCc1ccc2c(c1)OCO2)C(=O)NCC(c1ccccc1)c1ccccc1. The highest BCUT2D eigenvalue weighted by atomic mass is 16.7. The quantitative estimate of drug-likeness (QED) is 0.622. The van der Waals surface area contributed by atoms with E-state index in [1.54, 1.807) is 12.1 Å². The van der Waals surface area contributed by atoms with E-state index in [0.717, 1.165) is 16.7 Å². The molecule has 0 unspecified atom stereocenters. The largest absolute Gasteiger partial charge is 0.454 e. The van der Waals surface area contributed by atoms with Gasteiger partial charge in [-0.05, 0) is 28.8 Å². The average molecular weight is 402 g/mol. The fourth-order valence-electron chi connectivity index (χ4n) is 3.39. The molecular formula is C24H22N2O4. The highest BCUT2D eigenvalue weighted by Gasteiger charge is 2.19. The zero-order chi connectivity index (χ0) is 20.8. The normalized spacial score (nSPS) is 11.9. The molecule has 0 saturated carbocycles. The fourth-order valence-corrected chi connectivity index (χ4v) is 3.39. The molecule has 0 aliphatic carbocycles. The molecule has 0 bridgehead atoms. The lowest BCUT2D eigenvalue weighted by Gasteiger charge is -2.18. The first-order valence-electron chi connectivity index (χ1n) is 9.75. The van der Waals surface area contributed by atoms with Crippen LogP contribution < -0.4 is 20.1 Å². The summed E-state index contributed by atoms with van der Waals surface area (Å²) in [6, 6.07) is 25.2. The summed E-state index contributed by atoms with van der Waals surface area (Å²) >= 11 is 0. The maximum Gasteiger partial charge on any atom is 0.309 e. The first-order chi connectivity index (χ1) is 14.7. The first kappa shape index (κ1) is 19.5. The van der Waals surface area contributed by atoms with Crippen molar-refractivity contribution in [2.24, 2.45) is 0 Å². The molecule has 2 amide bonds. The smallest absolute Gasteiger partial charge is 0.309 e. The van der Waals surface area contributed by atoms with E-state index in [2.05, 4.69) is 10.6 Å². The van der Waals surface area contributed by atoms with Gasteiger partial charge in [0, 0.05) is 19.0 Å². The predicted molar refractivity (Wildman–Crippen MR) is 112 cm³/mol. The molecule has 6 heteroatoms. The monoisotopic (exact) mass is 402 g/mol. The van der Waals surface area contributed by atoms with Crippen LogP contribution in [0.25, 0.3) is 0 Å². The summed E-state index contributed by atoms with van der Waals surface area (Å²) in [7, 11) is 0. The van der Waals surface area contributed by atoms with Crippen molar-refractivity contribution in [3.05, 3.63) is 95.6 Å². The summed E-state index contributed by atoms with van der Waals surface area (Å²) in [5.74, 6) is -0.0615. The Bertz CT molecular complexity index is 982. The second kappa shape index (κ2) is 9.13. The Morgan fingerprint density at radius 1 is 0.767 bits per heavy atom. The average Bonchev–Trinajstić information content (AvgIpc) is 3.27. The number of amides is 2. The van der Waals surface area contributed by atoms with E-state index < -0.39 is 11.8 Å². The van der Waals surface area contributed by atoms with Gasteiger partial charge in [0.25, 0.3) is 0 Å². The summed E-state index contributed by atoms with van der Waals surface area (Å²) in [5.41, 5.74) is 2.97. The van der Waals surface area contributed by atoms with E-state index in [1.165, 1.54) is 0 Å². The van der Waals surface area contributed by atoms with Gasteiger partial charge in [0.1, 0.15) is 0 Å². The molecule has 4 rings (SSSR count). The van der Waals surface area contributed by atoms with Crippen LogP contribution in [0, 0.1) is 0 Å². The molecule has 3 aromatic carbocycles. The fraction of sp³-hybridized carbons (Fsp3) is 0.167. The van der Waals surface area contributed by atoms with Gasteiger partial charge >= 0.3 is 11.8 Å². The maximum atomic E-state index is 12.4. The molecule has 1 aliphatic rings. The lowest BCUT2D eigenvalue weighted by molar-refractivity contribution is -0.139. The molecule has 0 atom stereocenters. The summed E-state index contributed by atoms with van der Waals surface area (Å²) in [4.78, 5) is 24.6. The summed E-state index contributed by atoms with van der Waals surface area (Å²) in [5, 5.41) is 5.41. The van der Waals surface area contributed by atoms with Crippen LogP contribution in [0.3, 0.4) is 0 Å². The lowest BCUT2D eigenvalue weighted by Crippen LogP contribution is -2.41. The van der Waals surface area contributed by atoms with E-state index in [9.17, 15) is 9.59 Å². The zero-order valence-electron chi connectivity index (χ0n) is 16.3. The van der Waals surface area contributed by atoms with Crippen LogP contribution in [-0.4, -0.2) is 25.2 Å². The van der Waals surface area contributed by atoms with Crippen molar-refractivity contribution >= 4 is 11.8 Å². The number of benzene rings is 3. The van der Waals surface area contributed by atoms with Crippen LogP contribution in [0.2, 0.25) is 0 Å². The topological polar surface area (TPSA) is 76.7 Å². The molecule has 6 nitrogen and oxygen atoms in total. The van der Waals surface area contributed by atoms with Gasteiger partial charge < -0.3 is 20.1 Å².